The van der Waals surface area contributed by atoms with Crippen molar-refractivity contribution in [1.82, 2.24) is 25.3 Å². The highest BCUT2D eigenvalue weighted by molar-refractivity contribution is 7.15. The predicted octanol–water partition coefficient (Wildman–Crippen LogP) is 1.82. The summed E-state index contributed by atoms with van der Waals surface area (Å²) < 4.78 is 0. The van der Waals surface area contributed by atoms with Gasteiger partial charge in [0.05, 0.1) is 5.69 Å². The summed E-state index contributed by atoms with van der Waals surface area (Å²) in [5.41, 5.74) is 0.302. The molecule has 0 unspecified atom stereocenters. The maximum Gasteiger partial charge on any atom is 0.263 e. The molecule has 7 nitrogen and oxygen atoms in total. The molecule has 8 heteroatoms. The molecule has 0 saturated carbocycles. The van der Waals surface area contributed by atoms with Crippen LogP contribution in [0.4, 0.5) is 0 Å². The summed E-state index contributed by atoms with van der Waals surface area (Å²) in [6.07, 6.45) is 8.15. The van der Waals surface area contributed by atoms with Crippen molar-refractivity contribution in [3.63, 3.8) is 0 Å². The number of hydrogen-bond donors (Lipinski definition) is 2. The average molecular weight is 339 g/mol. The van der Waals surface area contributed by atoms with Crippen molar-refractivity contribution in [3.8, 4) is 10.7 Å². The summed E-state index contributed by atoms with van der Waals surface area (Å²) in [5, 5.41) is 3.20. The van der Waals surface area contributed by atoms with Crippen LogP contribution in [0.2, 0.25) is 0 Å². The van der Waals surface area contributed by atoms with Crippen molar-refractivity contribution in [2.45, 2.75) is 0 Å². The van der Waals surface area contributed by atoms with Crippen molar-refractivity contribution < 1.29 is 4.79 Å². The normalized spacial score (nSPS) is 10.9. The number of H-pyrrole nitrogens is 1. The number of pyridine rings is 1. The molecule has 3 aromatic rings. The zero-order valence-corrected chi connectivity index (χ0v) is 13.5. The molecule has 0 atom stereocenters. The topological polar surface area (TPSA) is 101 Å². The van der Waals surface area contributed by atoms with Gasteiger partial charge in [0.1, 0.15) is 16.4 Å². The van der Waals surface area contributed by atoms with Gasteiger partial charge in [-0.3, -0.25) is 14.6 Å². The van der Waals surface area contributed by atoms with Crippen LogP contribution in [0.1, 0.15) is 21.1 Å². The molecule has 0 fully saturated rings. The minimum atomic E-state index is -0.484. The number of aromatic nitrogens is 4. The van der Waals surface area contributed by atoms with E-state index in [0.29, 0.717) is 5.82 Å². The summed E-state index contributed by atoms with van der Waals surface area (Å²) in [5.74, 6) is -0.109. The first kappa shape index (κ1) is 15.8. The zero-order chi connectivity index (χ0) is 16.9. The fourth-order valence-electron chi connectivity index (χ4n) is 1.92. The molecule has 0 aliphatic heterocycles. The van der Waals surface area contributed by atoms with Crippen LogP contribution in [0.3, 0.4) is 0 Å². The highest BCUT2D eigenvalue weighted by Gasteiger charge is 2.09. The molecule has 2 N–H and O–H groups in total. The Hall–Kier alpha value is -3.13. The number of nitrogens with one attached hydrogen (secondary N) is 2. The number of nitrogens with zero attached hydrogens (tertiary/aromatic N) is 3. The molecule has 24 heavy (non-hydrogen) atoms. The fourth-order valence-corrected chi connectivity index (χ4v) is 2.72. The van der Waals surface area contributed by atoms with Crippen LogP contribution < -0.4 is 10.9 Å². The molecular formula is C16H13N5O2S. The highest BCUT2D eigenvalue weighted by Crippen LogP contribution is 2.24. The first-order valence-corrected chi connectivity index (χ1v) is 7.86. The first-order valence-electron chi connectivity index (χ1n) is 7.04. The Morgan fingerprint density at radius 2 is 2.08 bits per heavy atom. The summed E-state index contributed by atoms with van der Waals surface area (Å²) in [4.78, 5) is 39.4. The van der Waals surface area contributed by atoms with Gasteiger partial charge < -0.3 is 10.3 Å². The van der Waals surface area contributed by atoms with Crippen LogP contribution in [-0.2, 0) is 0 Å². The van der Waals surface area contributed by atoms with Crippen LogP contribution in [0, 0.1) is 0 Å². The van der Waals surface area contributed by atoms with Gasteiger partial charge in [-0.25, -0.2) is 9.97 Å². The molecular weight excluding hydrogens is 326 g/mol. The Morgan fingerprint density at radius 3 is 2.79 bits per heavy atom. The van der Waals surface area contributed by atoms with Crippen LogP contribution in [0.25, 0.3) is 22.9 Å². The Kier molecular flexibility index (Phi) is 4.57. The molecule has 0 aliphatic carbocycles. The second-order valence-corrected chi connectivity index (χ2v) is 5.77. The van der Waals surface area contributed by atoms with Crippen molar-refractivity contribution in [2.24, 2.45) is 0 Å². The van der Waals surface area contributed by atoms with E-state index < -0.39 is 11.5 Å². The third-order valence-electron chi connectivity index (χ3n) is 3.10. The SMILES string of the molecule is CNC(=O)c1cnc(/C=C/c2cnc(-c3ccccn3)s2)[nH]c1=O. The van der Waals surface area contributed by atoms with Gasteiger partial charge in [0.2, 0.25) is 0 Å². The van der Waals surface area contributed by atoms with Gasteiger partial charge in [0.15, 0.2) is 0 Å². The number of rotatable bonds is 4. The third-order valence-corrected chi connectivity index (χ3v) is 4.09. The Bertz CT molecular complexity index is 946. The van der Waals surface area contributed by atoms with Crippen LogP contribution >= 0.6 is 11.3 Å². The standard InChI is InChI=1S/C16H13N5O2S/c1-17-14(22)11-9-19-13(21-15(11)23)6-5-10-8-20-16(24-10)12-4-2-3-7-18-12/h2-9H,1H3,(H,17,22)(H,19,21,23)/b6-5+. The largest absolute Gasteiger partial charge is 0.355 e. The lowest BCUT2D eigenvalue weighted by Crippen LogP contribution is -2.27. The predicted molar refractivity (Wildman–Crippen MR) is 92.5 cm³/mol. The summed E-state index contributed by atoms with van der Waals surface area (Å²) in [6, 6.07) is 5.65. The minimum Gasteiger partial charge on any atom is -0.355 e. The average Bonchev–Trinajstić information content (AvgIpc) is 3.09. The van der Waals surface area contributed by atoms with Gasteiger partial charge in [0, 0.05) is 30.5 Å². The second kappa shape index (κ2) is 6.97. The van der Waals surface area contributed by atoms with Crippen molar-refractivity contribution in [3.05, 3.63) is 63.4 Å². The Morgan fingerprint density at radius 1 is 1.21 bits per heavy atom. The molecule has 0 radical (unpaired) electrons. The highest BCUT2D eigenvalue weighted by atomic mass is 32.1. The lowest BCUT2D eigenvalue weighted by atomic mass is 10.3. The molecule has 3 aromatic heterocycles. The summed E-state index contributed by atoms with van der Waals surface area (Å²) >= 11 is 1.48. The fraction of sp³-hybridized carbons (Fsp3) is 0.0625. The molecule has 0 bridgehead atoms. The maximum atomic E-state index is 11.8. The molecule has 0 saturated heterocycles. The Balaban J connectivity index is 1.79. The number of carbonyl (C=O) groups is 1. The zero-order valence-electron chi connectivity index (χ0n) is 12.7. The minimum absolute atomic E-state index is 0.0233. The van der Waals surface area contributed by atoms with E-state index in [0.717, 1.165) is 15.6 Å². The first-order chi connectivity index (χ1) is 11.7. The van der Waals surface area contributed by atoms with E-state index >= 15 is 0 Å². The van der Waals surface area contributed by atoms with Gasteiger partial charge >= 0.3 is 0 Å². The van der Waals surface area contributed by atoms with E-state index in [4.69, 9.17) is 0 Å². The van der Waals surface area contributed by atoms with Gasteiger partial charge in [-0.15, -0.1) is 11.3 Å². The van der Waals surface area contributed by atoms with Crippen molar-refractivity contribution in [1.29, 1.82) is 0 Å². The van der Waals surface area contributed by atoms with Crippen molar-refractivity contribution in [2.75, 3.05) is 7.05 Å². The molecule has 0 aromatic carbocycles. The van der Waals surface area contributed by atoms with E-state index in [9.17, 15) is 9.59 Å². The number of amides is 1. The second-order valence-electron chi connectivity index (χ2n) is 4.71. The quantitative estimate of drug-likeness (QED) is 0.755. The Labute approximate surface area is 141 Å². The van der Waals surface area contributed by atoms with Crippen molar-refractivity contribution >= 4 is 29.4 Å². The summed E-state index contributed by atoms with van der Waals surface area (Å²) in [6.45, 7) is 0. The molecule has 3 rings (SSSR count). The van der Waals surface area contributed by atoms with E-state index in [1.54, 1.807) is 24.5 Å². The summed E-state index contributed by atoms with van der Waals surface area (Å²) in [7, 11) is 1.46. The number of hydrogen-bond acceptors (Lipinski definition) is 6. The number of thiazole rings is 1. The molecule has 120 valence electrons. The third kappa shape index (κ3) is 3.44. The van der Waals surface area contributed by atoms with Gasteiger partial charge in [-0.05, 0) is 24.3 Å². The number of carbonyl (C=O) groups excluding carboxylic acids is 1. The van der Waals surface area contributed by atoms with E-state index in [2.05, 4.69) is 25.3 Å². The maximum absolute atomic E-state index is 11.8. The van der Waals surface area contributed by atoms with E-state index in [1.165, 1.54) is 24.6 Å². The monoisotopic (exact) mass is 339 g/mol. The van der Waals surface area contributed by atoms with Gasteiger partial charge in [-0.1, -0.05) is 6.07 Å². The molecule has 0 aliphatic rings. The van der Waals surface area contributed by atoms with Crippen LogP contribution in [0.5, 0.6) is 0 Å². The number of aromatic amines is 1. The van der Waals surface area contributed by atoms with E-state index in [-0.39, 0.29) is 5.56 Å². The molecule has 0 spiro atoms. The lowest BCUT2D eigenvalue weighted by molar-refractivity contribution is 0.0961. The lowest BCUT2D eigenvalue weighted by Gasteiger charge is -1.98. The van der Waals surface area contributed by atoms with E-state index in [1.807, 2.05) is 18.2 Å². The van der Waals surface area contributed by atoms with Crippen LogP contribution in [-0.4, -0.2) is 32.9 Å². The smallest absolute Gasteiger partial charge is 0.263 e. The molecule has 1 amide bonds. The van der Waals surface area contributed by atoms with Gasteiger partial charge in [0.25, 0.3) is 11.5 Å². The van der Waals surface area contributed by atoms with Gasteiger partial charge in [-0.2, -0.15) is 0 Å². The molecule has 3 heterocycles. The van der Waals surface area contributed by atoms with Crippen LogP contribution in [0.15, 0.2) is 41.6 Å².